The minimum Gasteiger partial charge on any atom is -0.462 e. The molecule has 2 aliphatic heterocycles. The first-order valence-electron chi connectivity index (χ1n) is 17.4. The zero-order valence-electron chi connectivity index (χ0n) is 27.0. The number of hydrogen-bond donors (Lipinski definition) is 0. The summed E-state index contributed by atoms with van der Waals surface area (Å²) < 4.78 is 15.3. The second kappa shape index (κ2) is 20.2. The first kappa shape index (κ1) is 34.0. The molecule has 8 nitrogen and oxygen atoms in total. The van der Waals surface area contributed by atoms with Crippen LogP contribution in [-0.4, -0.2) is 74.2 Å². The molecule has 4 heterocycles. The maximum absolute atomic E-state index is 12.4. The van der Waals surface area contributed by atoms with E-state index in [-0.39, 0.29) is 11.9 Å². The molecule has 2 fully saturated rings. The lowest BCUT2D eigenvalue weighted by atomic mass is 10.1. The number of carbonyl (C=O) groups is 2. The van der Waals surface area contributed by atoms with Gasteiger partial charge >= 0.3 is 11.9 Å². The Morgan fingerprint density at radius 3 is 1.23 bits per heavy atom. The van der Waals surface area contributed by atoms with Gasteiger partial charge in [-0.2, -0.15) is 0 Å². The zero-order chi connectivity index (χ0) is 30.7. The highest BCUT2D eigenvalue weighted by Crippen LogP contribution is 2.11. The molecule has 0 aliphatic carbocycles. The number of aromatic nitrogens is 2. The number of esters is 2. The molecule has 44 heavy (non-hydrogen) atoms. The molecule has 2 saturated heterocycles. The fourth-order valence-electron chi connectivity index (χ4n) is 6.13. The molecule has 0 saturated carbocycles. The van der Waals surface area contributed by atoms with E-state index in [9.17, 15) is 9.59 Å². The van der Waals surface area contributed by atoms with Crippen molar-refractivity contribution in [3.05, 3.63) is 60.2 Å². The van der Waals surface area contributed by atoms with E-state index in [2.05, 4.69) is 18.9 Å². The number of ether oxygens (including phenoxy) is 2. The van der Waals surface area contributed by atoms with Gasteiger partial charge in [-0.15, -0.1) is 0 Å². The second-order valence-electron chi connectivity index (χ2n) is 12.6. The van der Waals surface area contributed by atoms with Crippen molar-refractivity contribution in [2.24, 2.45) is 0 Å². The molecule has 8 heteroatoms. The van der Waals surface area contributed by atoms with Gasteiger partial charge in [0.1, 0.15) is 0 Å². The highest BCUT2D eigenvalue weighted by atomic mass is 16.5. The van der Waals surface area contributed by atoms with Crippen molar-refractivity contribution in [1.29, 1.82) is 0 Å². The van der Waals surface area contributed by atoms with Crippen LogP contribution in [0.25, 0.3) is 0 Å². The highest BCUT2D eigenvalue weighted by molar-refractivity contribution is 5.89. The number of nitrogens with zero attached hydrogens (tertiary/aromatic N) is 4. The molecule has 4 rings (SSSR count). The van der Waals surface area contributed by atoms with Gasteiger partial charge in [-0.05, 0) is 64.7 Å². The van der Waals surface area contributed by atoms with E-state index in [1.165, 1.54) is 77.5 Å². The van der Waals surface area contributed by atoms with Crippen LogP contribution in [0.4, 0.5) is 0 Å². The molecule has 0 N–H and O–H groups in total. The lowest BCUT2D eigenvalue weighted by Crippen LogP contribution is -2.40. The third-order valence-corrected chi connectivity index (χ3v) is 9.00. The number of rotatable bonds is 17. The van der Waals surface area contributed by atoms with Crippen LogP contribution >= 0.6 is 0 Å². The van der Waals surface area contributed by atoms with E-state index in [0.717, 1.165) is 64.7 Å². The summed E-state index contributed by atoms with van der Waals surface area (Å²) in [5, 5.41) is 0. The molecule has 242 valence electrons. The van der Waals surface area contributed by atoms with Gasteiger partial charge in [-0.25, -0.2) is 18.7 Å². The Hall–Kier alpha value is -2.84. The monoisotopic (exact) mass is 608 g/mol. The van der Waals surface area contributed by atoms with Crippen molar-refractivity contribution in [2.45, 2.75) is 103 Å². The molecule has 0 aromatic carbocycles. The Labute approximate surface area is 265 Å². The minimum atomic E-state index is -0.243. The van der Waals surface area contributed by atoms with Crippen molar-refractivity contribution in [1.82, 2.24) is 9.80 Å². The Morgan fingerprint density at radius 2 is 0.864 bits per heavy atom. The molecular formula is C36H56N4O4+2. The van der Waals surface area contributed by atoms with Crippen LogP contribution in [0, 0.1) is 0 Å². The van der Waals surface area contributed by atoms with Crippen molar-refractivity contribution in [3.63, 3.8) is 0 Å². The summed E-state index contributed by atoms with van der Waals surface area (Å²) in [7, 11) is 0. The molecule has 2 aromatic rings. The van der Waals surface area contributed by atoms with Gasteiger partial charge in [0.15, 0.2) is 37.9 Å². The zero-order valence-corrected chi connectivity index (χ0v) is 27.0. The minimum absolute atomic E-state index is 0.243. The third-order valence-electron chi connectivity index (χ3n) is 9.00. The molecule has 0 bridgehead atoms. The smallest absolute Gasteiger partial charge is 0.338 e. The van der Waals surface area contributed by atoms with E-state index in [0.29, 0.717) is 24.3 Å². The lowest BCUT2D eigenvalue weighted by Gasteiger charge is -2.17. The van der Waals surface area contributed by atoms with Crippen LogP contribution in [0.3, 0.4) is 0 Å². The van der Waals surface area contributed by atoms with E-state index < -0.39 is 0 Å². The molecule has 0 unspecified atom stereocenters. The van der Waals surface area contributed by atoms with Gasteiger partial charge < -0.3 is 9.47 Å². The van der Waals surface area contributed by atoms with Gasteiger partial charge in [-0.1, -0.05) is 51.4 Å². The summed E-state index contributed by atoms with van der Waals surface area (Å²) in [4.78, 5) is 29.9. The normalized spacial score (nSPS) is 16.6. The average Bonchev–Trinajstić information content (AvgIpc) is 3.49. The van der Waals surface area contributed by atoms with Crippen molar-refractivity contribution in [2.75, 3.05) is 52.5 Å². The molecule has 0 spiro atoms. The number of unbranched alkanes of at least 4 members (excludes halogenated alkanes) is 5. The third kappa shape index (κ3) is 13.0. The molecule has 0 amide bonds. The van der Waals surface area contributed by atoms with E-state index in [1.54, 1.807) is 0 Å². The van der Waals surface area contributed by atoms with Crippen molar-refractivity contribution < 1.29 is 28.2 Å². The Kier molecular flexibility index (Phi) is 15.7. The number of carbonyl (C=O) groups excluding carboxylic acids is 2. The molecule has 2 aliphatic rings. The fraction of sp³-hybridized carbons (Fsp3) is 0.667. The summed E-state index contributed by atoms with van der Waals surface area (Å²) in [5.41, 5.74) is 1.23. The topological polar surface area (TPSA) is 66.8 Å². The predicted molar refractivity (Wildman–Crippen MR) is 171 cm³/mol. The number of pyridine rings is 2. The first-order chi connectivity index (χ1) is 21.7. The van der Waals surface area contributed by atoms with Crippen molar-refractivity contribution >= 4 is 11.9 Å². The first-order valence-corrected chi connectivity index (χ1v) is 17.4. The van der Waals surface area contributed by atoms with Crippen molar-refractivity contribution in [3.8, 4) is 0 Å². The van der Waals surface area contributed by atoms with E-state index in [1.807, 2.05) is 49.1 Å². The standard InChI is InChI=1S/C36H56N4O4/c41-35(33-15-23-39(24-16-33)29-27-37-19-9-3-4-10-20-37)43-31-13-7-1-2-8-14-32-44-36(42)34-17-25-40(26-18-34)30-28-38-21-11-5-6-12-22-38/h15-18,23-26H,1-14,19-22,27-32H2/q+2. The molecule has 2 aromatic heterocycles. The molecular weight excluding hydrogens is 552 g/mol. The second-order valence-corrected chi connectivity index (χ2v) is 12.6. The summed E-state index contributed by atoms with van der Waals surface area (Å²) in [5.74, 6) is -0.486. The van der Waals surface area contributed by atoms with Crippen LogP contribution < -0.4 is 9.13 Å². The quantitative estimate of drug-likeness (QED) is 0.137. The maximum Gasteiger partial charge on any atom is 0.338 e. The predicted octanol–water partition coefficient (Wildman–Crippen LogP) is 5.37. The van der Waals surface area contributed by atoms with Gasteiger partial charge in [0.05, 0.1) is 37.4 Å². The summed E-state index contributed by atoms with van der Waals surface area (Å²) in [6.07, 6.45) is 24.6. The van der Waals surface area contributed by atoms with Gasteiger partial charge in [0, 0.05) is 24.3 Å². The number of likely N-dealkylation sites (tertiary alicyclic amines) is 2. The Morgan fingerprint density at radius 1 is 0.523 bits per heavy atom. The Bertz CT molecular complexity index is 989. The van der Waals surface area contributed by atoms with Crippen LogP contribution in [0.1, 0.15) is 111 Å². The molecule has 0 atom stereocenters. The number of hydrogen-bond acceptors (Lipinski definition) is 6. The van der Waals surface area contributed by atoms with Gasteiger partial charge in [0.25, 0.3) is 0 Å². The summed E-state index contributed by atoms with van der Waals surface area (Å²) in [6, 6.07) is 7.46. The largest absolute Gasteiger partial charge is 0.462 e. The van der Waals surface area contributed by atoms with Crippen LogP contribution in [0.2, 0.25) is 0 Å². The fourth-order valence-corrected chi connectivity index (χ4v) is 6.13. The average molecular weight is 609 g/mol. The van der Waals surface area contributed by atoms with Crippen LogP contribution in [0.15, 0.2) is 49.1 Å². The molecule has 0 radical (unpaired) electrons. The maximum atomic E-state index is 12.4. The van der Waals surface area contributed by atoms with E-state index in [4.69, 9.17) is 9.47 Å². The highest BCUT2D eigenvalue weighted by Gasteiger charge is 2.14. The van der Waals surface area contributed by atoms with Crippen LogP contribution in [-0.2, 0) is 22.6 Å². The lowest BCUT2D eigenvalue weighted by molar-refractivity contribution is -0.696. The summed E-state index contributed by atoms with van der Waals surface area (Å²) >= 11 is 0. The van der Waals surface area contributed by atoms with Crippen LogP contribution in [0.5, 0.6) is 0 Å². The van der Waals surface area contributed by atoms with E-state index >= 15 is 0 Å². The van der Waals surface area contributed by atoms with Gasteiger partial charge in [-0.3, -0.25) is 9.80 Å². The van der Waals surface area contributed by atoms with Gasteiger partial charge in [0.2, 0.25) is 0 Å². The summed E-state index contributed by atoms with van der Waals surface area (Å²) in [6.45, 7) is 9.74. The SMILES string of the molecule is O=C(OCCCCCCCCOC(=O)c1cc[n+](CCN2CCCCCC2)cc1)c1cc[n+](CCN2CCCCCC2)cc1. The Balaban J connectivity index is 0.974.